The molecule has 14 heavy (non-hydrogen) atoms. The zero-order chi connectivity index (χ0) is 9.71. The summed E-state index contributed by atoms with van der Waals surface area (Å²) in [4.78, 5) is 0. The fraction of sp³-hybridized carbons (Fsp3) is 0.727. The van der Waals surface area contributed by atoms with Gasteiger partial charge in [0.05, 0.1) is 5.69 Å². The van der Waals surface area contributed by atoms with E-state index in [4.69, 9.17) is 10.3 Å². The van der Waals surface area contributed by atoms with Gasteiger partial charge in [0.2, 0.25) is 0 Å². The van der Waals surface area contributed by atoms with Gasteiger partial charge in [0.1, 0.15) is 5.76 Å². The van der Waals surface area contributed by atoms with Gasteiger partial charge in [0, 0.05) is 23.8 Å². The third-order valence-corrected chi connectivity index (χ3v) is 3.61. The zero-order valence-electron chi connectivity index (χ0n) is 8.49. The third-order valence-electron chi connectivity index (χ3n) is 3.61. The van der Waals surface area contributed by atoms with Crippen molar-refractivity contribution in [2.45, 2.75) is 38.0 Å². The van der Waals surface area contributed by atoms with Crippen molar-refractivity contribution < 1.29 is 4.52 Å². The van der Waals surface area contributed by atoms with Gasteiger partial charge in [0.15, 0.2) is 0 Å². The van der Waals surface area contributed by atoms with E-state index in [0.29, 0.717) is 17.8 Å². The van der Waals surface area contributed by atoms with Crippen molar-refractivity contribution in [3.05, 3.63) is 17.0 Å². The summed E-state index contributed by atoms with van der Waals surface area (Å²) in [6, 6.07) is 0. The highest BCUT2D eigenvalue weighted by atomic mass is 16.5. The summed E-state index contributed by atoms with van der Waals surface area (Å²) >= 11 is 0. The molecule has 3 rings (SSSR count). The molecule has 0 aliphatic heterocycles. The molecule has 0 bridgehead atoms. The lowest BCUT2D eigenvalue weighted by atomic mass is 9.93. The molecule has 1 saturated carbocycles. The molecule has 1 aromatic heterocycles. The number of fused-ring (bicyclic) bond motifs is 1. The van der Waals surface area contributed by atoms with Gasteiger partial charge >= 0.3 is 0 Å². The number of aromatic nitrogens is 1. The summed E-state index contributed by atoms with van der Waals surface area (Å²) in [6.07, 6.45) is 3.59. The molecule has 0 spiro atoms. The third kappa shape index (κ3) is 1.05. The molecular formula is C11H16N2O. The van der Waals surface area contributed by atoms with Gasteiger partial charge in [-0.3, -0.25) is 0 Å². The van der Waals surface area contributed by atoms with Crippen molar-refractivity contribution in [3.63, 3.8) is 0 Å². The molecule has 3 nitrogen and oxygen atoms in total. The smallest absolute Gasteiger partial charge is 0.140 e. The van der Waals surface area contributed by atoms with E-state index >= 15 is 0 Å². The molecule has 2 aliphatic carbocycles. The van der Waals surface area contributed by atoms with Crippen molar-refractivity contribution in [2.75, 3.05) is 6.54 Å². The highest BCUT2D eigenvalue weighted by Gasteiger charge is 2.39. The molecule has 2 atom stereocenters. The van der Waals surface area contributed by atoms with E-state index < -0.39 is 0 Å². The Labute approximate surface area is 83.6 Å². The van der Waals surface area contributed by atoms with E-state index in [0.717, 1.165) is 18.7 Å². The molecule has 2 unspecified atom stereocenters. The Kier molecular flexibility index (Phi) is 1.71. The van der Waals surface area contributed by atoms with Gasteiger partial charge < -0.3 is 10.3 Å². The second-order valence-corrected chi connectivity index (χ2v) is 4.70. The molecule has 2 N–H and O–H groups in total. The van der Waals surface area contributed by atoms with E-state index in [2.05, 4.69) is 12.1 Å². The summed E-state index contributed by atoms with van der Waals surface area (Å²) in [6.45, 7) is 2.98. The minimum absolute atomic E-state index is 0.492. The van der Waals surface area contributed by atoms with E-state index in [9.17, 15) is 0 Å². The molecule has 1 fully saturated rings. The Balaban J connectivity index is 2.03. The quantitative estimate of drug-likeness (QED) is 0.777. The minimum atomic E-state index is 0.492. The van der Waals surface area contributed by atoms with Crippen molar-refractivity contribution in [1.82, 2.24) is 5.16 Å². The van der Waals surface area contributed by atoms with E-state index in [1.807, 2.05) is 0 Å². The van der Waals surface area contributed by atoms with Gasteiger partial charge in [-0.05, 0) is 25.3 Å². The largest absolute Gasteiger partial charge is 0.361 e. The standard InChI is InChI=1S/C11H16N2O/c1-6-4-9-10(8(6)5-12)11(13-14-9)7-2-3-7/h6-8H,2-5,12H2,1H3. The molecule has 0 aromatic carbocycles. The Morgan fingerprint density at radius 1 is 1.50 bits per heavy atom. The fourth-order valence-corrected chi connectivity index (χ4v) is 2.61. The van der Waals surface area contributed by atoms with Crippen LogP contribution in [0.25, 0.3) is 0 Å². The Bertz CT molecular complexity index is 354. The summed E-state index contributed by atoms with van der Waals surface area (Å²) < 4.78 is 5.41. The molecule has 3 heteroatoms. The second kappa shape index (κ2) is 2.83. The van der Waals surface area contributed by atoms with E-state index in [1.54, 1.807) is 0 Å². The van der Waals surface area contributed by atoms with Crippen LogP contribution in [0.3, 0.4) is 0 Å². The number of nitrogens with two attached hydrogens (primary N) is 1. The lowest BCUT2D eigenvalue weighted by Crippen LogP contribution is -2.16. The van der Waals surface area contributed by atoms with Crippen LogP contribution >= 0.6 is 0 Å². The molecule has 0 amide bonds. The predicted octanol–water partition coefficient (Wildman–Crippen LogP) is 1.79. The Morgan fingerprint density at radius 2 is 2.29 bits per heavy atom. The maximum absolute atomic E-state index is 5.82. The lowest BCUT2D eigenvalue weighted by Gasteiger charge is -2.13. The predicted molar refractivity (Wildman–Crippen MR) is 53.1 cm³/mol. The Morgan fingerprint density at radius 3 is 2.93 bits per heavy atom. The number of hydrogen-bond acceptors (Lipinski definition) is 3. The first kappa shape index (κ1) is 8.48. The highest BCUT2D eigenvalue weighted by molar-refractivity contribution is 5.37. The Hall–Kier alpha value is -0.830. The molecule has 1 aromatic rings. The van der Waals surface area contributed by atoms with Gasteiger partial charge in [-0.25, -0.2) is 0 Å². The van der Waals surface area contributed by atoms with Crippen LogP contribution in [-0.4, -0.2) is 11.7 Å². The first-order valence-electron chi connectivity index (χ1n) is 5.49. The number of rotatable bonds is 2. The maximum atomic E-state index is 5.82. The monoisotopic (exact) mass is 192 g/mol. The van der Waals surface area contributed by atoms with Crippen molar-refractivity contribution in [2.24, 2.45) is 11.7 Å². The zero-order valence-corrected chi connectivity index (χ0v) is 8.49. The maximum Gasteiger partial charge on any atom is 0.140 e. The normalized spacial score (nSPS) is 30.7. The van der Waals surface area contributed by atoms with Crippen LogP contribution in [-0.2, 0) is 6.42 Å². The average molecular weight is 192 g/mol. The molecule has 0 radical (unpaired) electrons. The van der Waals surface area contributed by atoms with Crippen LogP contribution in [0, 0.1) is 5.92 Å². The first-order valence-corrected chi connectivity index (χ1v) is 5.49. The topological polar surface area (TPSA) is 52.0 Å². The average Bonchev–Trinajstić information content (AvgIpc) is 2.85. The SMILES string of the molecule is CC1Cc2onc(C3CC3)c2C1CN. The molecule has 1 heterocycles. The van der Waals surface area contributed by atoms with Crippen LogP contribution in [0.4, 0.5) is 0 Å². The van der Waals surface area contributed by atoms with Gasteiger partial charge in [-0.15, -0.1) is 0 Å². The molecular weight excluding hydrogens is 176 g/mol. The van der Waals surface area contributed by atoms with Crippen molar-refractivity contribution >= 4 is 0 Å². The number of hydrogen-bond donors (Lipinski definition) is 1. The van der Waals surface area contributed by atoms with Crippen LogP contribution in [0.1, 0.15) is 48.6 Å². The second-order valence-electron chi connectivity index (χ2n) is 4.70. The summed E-state index contributed by atoms with van der Waals surface area (Å²) in [7, 11) is 0. The summed E-state index contributed by atoms with van der Waals surface area (Å²) in [5, 5.41) is 4.20. The molecule has 76 valence electrons. The molecule has 0 saturated heterocycles. The fourth-order valence-electron chi connectivity index (χ4n) is 2.61. The van der Waals surface area contributed by atoms with Gasteiger partial charge in [0.25, 0.3) is 0 Å². The van der Waals surface area contributed by atoms with Crippen LogP contribution in [0.15, 0.2) is 4.52 Å². The van der Waals surface area contributed by atoms with Crippen LogP contribution in [0.5, 0.6) is 0 Å². The van der Waals surface area contributed by atoms with Gasteiger partial charge in [-0.2, -0.15) is 0 Å². The minimum Gasteiger partial charge on any atom is -0.361 e. The van der Waals surface area contributed by atoms with Gasteiger partial charge in [-0.1, -0.05) is 12.1 Å². The van der Waals surface area contributed by atoms with Crippen LogP contribution in [0.2, 0.25) is 0 Å². The summed E-state index contributed by atoms with van der Waals surface area (Å²) in [5.74, 6) is 2.91. The number of nitrogens with zero attached hydrogens (tertiary/aromatic N) is 1. The first-order chi connectivity index (χ1) is 6.81. The van der Waals surface area contributed by atoms with E-state index in [-0.39, 0.29) is 0 Å². The molecule has 2 aliphatic rings. The lowest BCUT2D eigenvalue weighted by molar-refractivity contribution is 0.363. The van der Waals surface area contributed by atoms with Crippen LogP contribution < -0.4 is 5.73 Å². The van der Waals surface area contributed by atoms with Crippen molar-refractivity contribution in [3.8, 4) is 0 Å². The van der Waals surface area contributed by atoms with Crippen molar-refractivity contribution in [1.29, 1.82) is 0 Å². The van der Waals surface area contributed by atoms with E-state index in [1.165, 1.54) is 24.1 Å². The highest BCUT2D eigenvalue weighted by Crippen LogP contribution is 2.48. The summed E-state index contributed by atoms with van der Waals surface area (Å²) in [5.41, 5.74) is 8.40.